The lowest BCUT2D eigenvalue weighted by atomic mass is 9.94. The van der Waals surface area contributed by atoms with Crippen LogP contribution in [0.4, 0.5) is 4.39 Å². The molecule has 0 unspecified atom stereocenters. The number of halogens is 1. The third-order valence-corrected chi connectivity index (χ3v) is 6.20. The summed E-state index contributed by atoms with van der Waals surface area (Å²) >= 11 is 0. The first kappa shape index (κ1) is 25.4. The van der Waals surface area contributed by atoms with Gasteiger partial charge in [-0.05, 0) is 67.9 Å². The first-order valence-corrected chi connectivity index (χ1v) is 11.8. The molecule has 1 heterocycles. The Balaban J connectivity index is 2.07. The minimum Gasteiger partial charge on any atom is -0.507 e. The van der Waals surface area contributed by atoms with E-state index in [4.69, 9.17) is 4.74 Å². The maximum Gasteiger partial charge on any atom is 0.295 e. The van der Waals surface area contributed by atoms with Gasteiger partial charge in [-0.15, -0.1) is 0 Å². The molecule has 0 aromatic heterocycles. The zero-order valence-electron chi connectivity index (χ0n) is 20.3. The maximum absolute atomic E-state index is 13.6. The number of benzene rings is 2. The van der Waals surface area contributed by atoms with Gasteiger partial charge in [-0.25, -0.2) is 4.39 Å². The number of nitrogens with zero attached hydrogens (tertiary/aromatic N) is 2. The predicted octanol–water partition coefficient (Wildman–Crippen LogP) is 4.69. The second-order valence-corrected chi connectivity index (χ2v) is 8.40. The lowest BCUT2D eigenvalue weighted by molar-refractivity contribution is -0.140. The molecule has 182 valence electrons. The standard InChI is InChI=1S/C27H33FN2O4/c1-5-16-34-21-12-13-22(18(4)17-21)25(31)23-24(19-8-10-20(28)11-9-19)30(27(33)26(23)32)15-14-29(6-2)7-3/h8-13,17,24,31H,5-7,14-16H2,1-4H3/t24-/m1/s1. The number of hydrogen-bond donors (Lipinski definition) is 1. The minimum atomic E-state index is -0.799. The van der Waals surface area contributed by atoms with Crippen LogP contribution in [0.2, 0.25) is 0 Å². The van der Waals surface area contributed by atoms with Crippen LogP contribution in [0.3, 0.4) is 0 Å². The van der Waals surface area contributed by atoms with Crippen LogP contribution in [0, 0.1) is 12.7 Å². The van der Waals surface area contributed by atoms with Crippen LogP contribution in [0.5, 0.6) is 5.75 Å². The Hall–Kier alpha value is -3.19. The molecule has 2 aromatic carbocycles. The summed E-state index contributed by atoms with van der Waals surface area (Å²) in [7, 11) is 0. The number of ketones is 1. The molecule has 0 saturated carbocycles. The monoisotopic (exact) mass is 468 g/mol. The van der Waals surface area contributed by atoms with E-state index in [0.29, 0.717) is 36.6 Å². The van der Waals surface area contributed by atoms with Crippen LogP contribution >= 0.6 is 0 Å². The Morgan fingerprint density at radius 3 is 2.35 bits per heavy atom. The van der Waals surface area contributed by atoms with E-state index in [1.54, 1.807) is 30.3 Å². The number of hydrogen-bond acceptors (Lipinski definition) is 5. The van der Waals surface area contributed by atoms with Crippen LogP contribution in [-0.2, 0) is 9.59 Å². The molecule has 34 heavy (non-hydrogen) atoms. The highest BCUT2D eigenvalue weighted by atomic mass is 19.1. The molecule has 0 bridgehead atoms. The van der Waals surface area contributed by atoms with Gasteiger partial charge in [0.1, 0.15) is 17.3 Å². The van der Waals surface area contributed by atoms with E-state index in [1.165, 1.54) is 17.0 Å². The molecule has 1 amide bonds. The number of aliphatic hydroxyl groups is 1. The highest BCUT2D eigenvalue weighted by Crippen LogP contribution is 2.40. The third kappa shape index (κ3) is 5.30. The molecule has 1 saturated heterocycles. The van der Waals surface area contributed by atoms with E-state index in [-0.39, 0.29) is 11.3 Å². The fourth-order valence-corrected chi connectivity index (χ4v) is 4.25. The van der Waals surface area contributed by atoms with Gasteiger partial charge in [0.25, 0.3) is 11.7 Å². The van der Waals surface area contributed by atoms with Crippen LogP contribution in [0.15, 0.2) is 48.0 Å². The molecule has 0 radical (unpaired) electrons. The molecule has 1 aliphatic rings. The number of carbonyl (C=O) groups is 2. The average molecular weight is 469 g/mol. The lowest BCUT2D eigenvalue weighted by Gasteiger charge is -2.28. The Morgan fingerprint density at radius 2 is 1.76 bits per heavy atom. The van der Waals surface area contributed by atoms with E-state index in [0.717, 1.165) is 25.1 Å². The molecule has 7 heteroatoms. The molecule has 3 rings (SSSR count). The first-order valence-electron chi connectivity index (χ1n) is 11.8. The van der Waals surface area contributed by atoms with E-state index in [2.05, 4.69) is 4.90 Å². The number of ether oxygens (including phenoxy) is 1. The van der Waals surface area contributed by atoms with Crippen LogP contribution < -0.4 is 4.74 Å². The number of amides is 1. The number of likely N-dealkylation sites (tertiary alicyclic amines) is 1. The number of aryl methyl sites for hydroxylation is 1. The van der Waals surface area contributed by atoms with Crippen molar-refractivity contribution in [1.29, 1.82) is 0 Å². The average Bonchev–Trinajstić information content (AvgIpc) is 3.08. The third-order valence-electron chi connectivity index (χ3n) is 6.20. The van der Waals surface area contributed by atoms with Gasteiger partial charge < -0.3 is 19.6 Å². The number of carbonyl (C=O) groups excluding carboxylic acids is 2. The van der Waals surface area contributed by atoms with Crippen LogP contribution in [0.25, 0.3) is 5.76 Å². The summed E-state index contributed by atoms with van der Waals surface area (Å²) in [5.41, 5.74) is 1.76. The van der Waals surface area contributed by atoms with E-state index in [9.17, 15) is 19.1 Å². The molecule has 1 fully saturated rings. The summed E-state index contributed by atoms with van der Waals surface area (Å²) in [6, 6.07) is 10.1. The Kier molecular flexibility index (Phi) is 8.45. The first-order chi connectivity index (χ1) is 16.3. The van der Waals surface area contributed by atoms with Gasteiger partial charge in [0.2, 0.25) is 0 Å². The van der Waals surface area contributed by atoms with Gasteiger partial charge in [-0.1, -0.05) is 32.9 Å². The highest BCUT2D eigenvalue weighted by molar-refractivity contribution is 6.46. The summed E-state index contributed by atoms with van der Waals surface area (Å²) in [5, 5.41) is 11.3. The van der Waals surface area contributed by atoms with Crippen LogP contribution in [-0.4, -0.2) is 59.4 Å². The summed E-state index contributed by atoms with van der Waals surface area (Å²) < 4.78 is 19.3. The van der Waals surface area contributed by atoms with Crippen molar-refractivity contribution in [3.8, 4) is 5.75 Å². The zero-order valence-corrected chi connectivity index (χ0v) is 20.3. The normalized spacial score (nSPS) is 17.6. The van der Waals surface area contributed by atoms with Crippen molar-refractivity contribution in [2.45, 2.75) is 40.2 Å². The van der Waals surface area contributed by atoms with Crippen molar-refractivity contribution in [1.82, 2.24) is 9.80 Å². The quantitative estimate of drug-likeness (QED) is 0.311. The Labute approximate surface area is 200 Å². The largest absolute Gasteiger partial charge is 0.507 e. The van der Waals surface area contributed by atoms with Gasteiger partial charge in [-0.3, -0.25) is 9.59 Å². The van der Waals surface area contributed by atoms with Crippen LogP contribution in [0.1, 0.15) is 49.9 Å². The van der Waals surface area contributed by atoms with Gasteiger partial charge in [0.15, 0.2) is 0 Å². The fourth-order valence-electron chi connectivity index (χ4n) is 4.25. The lowest BCUT2D eigenvalue weighted by Crippen LogP contribution is -2.38. The molecule has 2 aromatic rings. The van der Waals surface area contributed by atoms with Crippen molar-refractivity contribution in [2.75, 3.05) is 32.8 Å². The van der Waals surface area contributed by atoms with Gasteiger partial charge in [0.05, 0.1) is 18.2 Å². The highest BCUT2D eigenvalue weighted by Gasteiger charge is 2.46. The van der Waals surface area contributed by atoms with Crippen molar-refractivity contribution in [3.05, 3.63) is 70.5 Å². The summed E-state index contributed by atoms with van der Waals surface area (Å²) in [6.45, 7) is 11.0. The van der Waals surface area contributed by atoms with Crippen molar-refractivity contribution >= 4 is 17.4 Å². The summed E-state index contributed by atoms with van der Waals surface area (Å²) in [5.74, 6) is -1.38. The minimum absolute atomic E-state index is 0.0153. The molecule has 1 N–H and O–H groups in total. The number of likely N-dealkylation sites (N-methyl/N-ethyl adjacent to an activating group) is 1. The van der Waals surface area contributed by atoms with Crippen molar-refractivity contribution < 1.29 is 23.8 Å². The predicted molar refractivity (Wildman–Crippen MR) is 130 cm³/mol. The van der Waals surface area contributed by atoms with E-state index < -0.39 is 23.5 Å². The number of aliphatic hydroxyl groups excluding tert-OH is 1. The number of rotatable bonds is 10. The molecule has 6 nitrogen and oxygen atoms in total. The Morgan fingerprint density at radius 1 is 1.09 bits per heavy atom. The number of Topliss-reactive ketones (excluding diaryl/α,β-unsaturated/α-hetero) is 1. The fraction of sp³-hybridized carbons (Fsp3) is 0.407. The second kappa shape index (κ2) is 11.3. The topological polar surface area (TPSA) is 70.1 Å². The maximum atomic E-state index is 13.6. The molecular weight excluding hydrogens is 435 g/mol. The van der Waals surface area contributed by atoms with Gasteiger partial charge in [0, 0.05) is 18.7 Å². The van der Waals surface area contributed by atoms with Gasteiger partial charge >= 0.3 is 0 Å². The summed E-state index contributed by atoms with van der Waals surface area (Å²) in [6.07, 6.45) is 0.870. The van der Waals surface area contributed by atoms with Gasteiger partial charge in [-0.2, -0.15) is 0 Å². The zero-order chi connectivity index (χ0) is 24.8. The molecule has 1 aliphatic heterocycles. The second-order valence-electron chi connectivity index (χ2n) is 8.40. The van der Waals surface area contributed by atoms with E-state index >= 15 is 0 Å². The Bertz CT molecular complexity index is 1060. The molecule has 0 aliphatic carbocycles. The smallest absolute Gasteiger partial charge is 0.295 e. The van der Waals surface area contributed by atoms with Crippen molar-refractivity contribution in [3.63, 3.8) is 0 Å². The summed E-state index contributed by atoms with van der Waals surface area (Å²) in [4.78, 5) is 29.9. The van der Waals surface area contributed by atoms with E-state index in [1.807, 2.05) is 27.7 Å². The molecule has 1 atom stereocenters. The van der Waals surface area contributed by atoms with Crippen molar-refractivity contribution in [2.24, 2.45) is 0 Å². The molecule has 0 spiro atoms. The molecular formula is C27H33FN2O4. The SMILES string of the molecule is CCCOc1ccc(C(O)=C2C(=O)C(=O)N(CCN(CC)CC)[C@@H]2c2ccc(F)cc2)c(C)c1.